The summed E-state index contributed by atoms with van der Waals surface area (Å²) in [6.07, 6.45) is 6.01. The summed E-state index contributed by atoms with van der Waals surface area (Å²) in [4.78, 5) is 58.9. The lowest BCUT2D eigenvalue weighted by molar-refractivity contribution is -0.274. The number of aromatic hydroxyl groups is 1. The molecule has 4 aliphatic carbocycles. The normalized spacial score (nSPS) is 33.3. The van der Waals surface area contributed by atoms with E-state index >= 15 is 0 Å². The molecule has 44 heavy (non-hydrogen) atoms. The first-order valence-electron chi connectivity index (χ1n) is 16.1. The molecular weight excluding hydrogens is 577 g/mol. The predicted octanol–water partition coefficient (Wildman–Crippen LogP) is 5.59. The van der Waals surface area contributed by atoms with Crippen molar-refractivity contribution in [1.29, 1.82) is 0 Å². The van der Waals surface area contributed by atoms with Gasteiger partial charge in [0.05, 0.1) is 23.7 Å². The number of halogens is 3. The van der Waals surface area contributed by atoms with E-state index < -0.39 is 47.6 Å². The number of phenols is 1. The van der Waals surface area contributed by atoms with Gasteiger partial charge in [0, 0.05) is 23.6 Å². The van der Waals surface area contributed by atoms with E-state index in [1.165, 1.54) is 9.80 Å². The number of nitrogens with zero attached hydrogens (tertiary/aromatic N) is 2. The third kappa shape index (κ3) is 4.72. The number of phenolic OH excluding ortho intramolecular Hbond substituents is 1. The summed E-state index contributed by atoms with van der Waals surface area (Å²) in [7, 11) is 0. The van der Waals surface area contributed by atoms with Crippen molar-refractivity contribution < 1.29 is 42.2 Å². The number of ether oxygens (including phenoxy) is 1. The number of carbonyl (C=O) groups is 4. The molecule has 5 fully saturated rings. The fourth-order valence-corrected chi connectivity index (χ4v) is 9.36. The first kappa shape index (κ1) is 29.3. The zero-order chi connectivity index (χ0) is 30.9. The lowest BCUT2D eigenvalue weighted by Crippen LogP contribution is -2.44. The van der Waals surface area contributed by atoms with Gasteiger partial charge in [0.25, 0.3) is 0 Å². The molecule has 1 N–H and O–H groups in total. The quantitative estimate of drug-likeness (QED) is 0.350. The Bertz CT molecular complexity index is 1410. The number of hydrogen-bond acceptors (Lipinski definition) is 6. The maximum Gasteiger partial charge on any atom is 0.573 e. The Morgan fingerprint density at radius 2 is 1.30 bits per heavy atom. The molecule has 0 radical (unpaired) electrons. The van der Waals surface area contributed by atoms with E-state index in [2.05, 4.69) is 4.74 Å². The van der Waals surface area contributed by atoms with Crippen LogP contribution in [0, 0.1) is 29.6 Å². The summed E-state index contributed by atoms with van der Waals surface area (Å²) in [5, 5.41) is 11.1. The number of carbonyl (C=O) groups excluding carboxylic acids is 4. The smallest absolute Gasteiger partial charge is 0.508 e. The molecule has 236 valence electrons. The number of hydrogen-bond donors (Lipinski definition) is 1. The standard InChI is InChI=1S/C33H37F3N2O6/c34-33(35,36)44-19-11-14-25(39)23(15-19)26-20-12-13-21-27(31(42)37(29(21)40)17-7-3-1-4-8-17)22(20)16-24-28(26)32(43)38(30(24)41)18-9-5-2-6-10-18/h11-12,14-15,17-18,21-22,24,26-28,39H,1-10,13,16H2. The number of likely N-dealkylation sites (tertiary alicyclic amines) is 2. The molecule has 6 unspecified atom stereocenters. The van der Waals surface area contributed by atoms with Gasteiger partial charge in [-0.3, -0.25) is 29.0 Å². The molecule has 2 aliphatic heterocycles. The summed E-state index contributed by atoms with van der Waals surface area (Å²) >= 11 is 0. The number of amides is 4. The van der Waals surface area contributed by atoms with Crippen LogP contribution in [0.3, 0.4) is 0 Å². The highest BCUT2D eigenvalue weighted by Gasteiger charge is 2.63. The van der Waals surface area contributed by atoms with Crippen LogP contribution in [0.25, 0.3) is 0 Å². The molecule has 2 saturated heterocycles. The van der Waals surface area contributed by atoms with Gasteiger partial charge < -0.3 is 9.84 Å². The highest BCUT2D eigenvalue weighted by molar-refractivity contribution is 6.08. The summed E-state index contributed by atoms with van der Waals surface area (Å²) < 4.78 is 43.8. The third-order valence-electron chi connectivity index (χ3n) is 11.2. The molecule has 2 heterocycles. The Kier molecular flexibility index (Phi) is 7.28. The Hall–Kier alpha value is -3.37. The summed E-state index contributed by atoms with van der Waals surface area (Å²) in [6.45, 7) is 0. The van der Waals surface area contributed by atoms with Crippen LogP contribution >= 0.6 is 0 Å². The molecule has 1 aromatic rings. The number of imide groups is 2. The predicted molar refractivity (Wildman–Crippen MR) is 150 cm³/mol. The first-order chi connectivity index (χ1) is 21.0. The van der Waals surface area contributed by atoms with E-state index in [0.29, 0.717) is 18.4 Å². The van der Waals surface area contributed by atoms with Crippen molar-refractivity contribution in [2.24, 2.45) is 29.6 Å². The molecule has 6 aliphatic rings. The second-order valence-electron chi connectivity index (χ2n) is 13.5. The Morgan fingerprint density at radius 1 is 0.727 bits per heavy atom. The fraction of sp³-hybridized carbons (Fsp3) is 0.636. The van der Waals surface area contributed by atoms with Gasteiger partial charge >= 0.3 is 6.36 Å². The first-order valence-corrected chi connectivity index (χ1v) is 16.1. The number of rotatable bonds is 4. The van der Waals surface area contributed by atoms with Gasteiger partial charge in [0.2, 0.25) is 23.6 Å². The van der Waals surface area contributed by atoms with Crippen molar-refractivity contribution in [2.75, 3.05) is 0 Å². The van der Waals surface area contributed by atoms with Crippen LogP contribution in [-0.4, -0.2) is 57.0 Å². The van der Waals surface area contributed by atoms with Crippen LogP contribution in [0.2, 0.25) is 0 Å². The zero-order valence-corrected chi connectivity index (χ0v) is 24.4. The van der Waals surface area contributed by atoms with Crippen molar-refractivity contribution in [3.63, 3.8) is 0 Å². The topological polar surface area (TPSA) is 104 Å². The summed E-state index contributed by atoms with van der Waals surface area (Å²) in [5.41, 5.74) is 0.703. The minimum absolute atomic E-state index is 0.0590. The zero-order valence-electron chi connectivity index (χ0n) is 24.4. The second kappa shape index (κ2) is 10.9. The van der Waals surface area contributed by atoms with Crippen LogP contribution in [-0.2, 0) is 19.2 Å². The van der Waals surface area contributed by atoms with Crippen LogP contribution < -0.4 is 4.74 Å². The van der Waals surface area contributed by atoms with Gasteiger partial charge in [0.15, 0.2) is 0 Å². The largest absolute Gasteiger partial charge is 0.573 e. The van der Waals surface area contributed by atoms with Crippen LogP contribution in [0.4, 0.5) is 13.2 Å². The van der Waals surface area contributed by atoms with E-state index in [0.717, 1.165) is 69.6 Å². The highest BCUT2D eigenvalue weighted by atomic mass is 19.4. The van der Waals surface area contributed by atoms with E-state index in [4.69, 9.17) is 0 Å². The molecule has 8 nitrogen and oxygen atoms in total. The van der Waals surface area contributed by atoms with Gasteiger partial charge in [0.1, 0.15) is 11.5 Å². The maximum absolute atomic E-state index is 14.2. The Balaban J connectivity index is 1.31. The number of allylic oxidation sites excluding steroid dienone is 2. The monoisotopic (exact) mass is 614 g/mol. The van der Waals surface area contributed by atoms with E-state index in [1.807, 2.05) is 6.08 Å². The number of benzene rings is 1. The molecule has 6 atom stereocenters. The molecule has 0 bridgehead atoms. The number of fused-ring (bicyclic) bond motifs is 4. The fourth-order valence-electron chi connectivity index (χ4n) is 9.36. The van der Waals surface area contributed by atoms with Crippen molar-refractivity contribution in [1.82, 2.24) is 9.80 Å². The molecule has 3 saturated carbocycles. The van der Waals surface area contributed by atoms with Crippen molar-refractivity contribution >= 4 is 23.6 Å². The molecule has 11 heteroatoms. The van der Waals surface area contributed by atoms with E-state index in [-0.39, 0.29) is 59.9 Å². The summed E-state index contributed by atoms with van der Waals surface area (Å²) in [5.74, 6) is -6.53. The molecule has 0 spiro atoms. The average molecular weight is 615 g/mol. The minimum Gasteiger partial charge on any atom is -0.508 e. The van der Waals surface area contributed by atoms with E-state index in [9.17, 15) is 37.5 Å². The van der Waals surface area contributed by atoms with Gasteiger partial charge in [-0.15, -0.1) is 13.2 Å². The van der Waals surface area contributed by atoms with Crippen molar-refractivity contribution in [3.8, 4) is 11.5 Å². The van der Waals surface area contributed by atoms with Gasteiger partial charge in [-0.25, -0.2) is 0 Å². The Labute approximate surface area is 253 Å². The molecule has 4 amide bonds. The van der Waals surface area contributed by atoms with Crippen molar-refractivity contribution in [3.05, 3.63) is 35.4 Å². The number of alkyl halides is 3. The van der Waals surface area contributed by atoms with Crippen LogP contribution in [0.15, 0.2) is 29.8 Å². The highest BCUT2D eigenvalue weighted by Crippen LogP contribution is 2.59. The maximum atomic E-state index is 14.2. The van der Waals surface area contributed by atoms with Crippen molar-refractivity contribution in [2.45, 2.75) is 101 Å². The van der Waals surface area contributed by atoms with E-state index in [1.54, 1.807) is 0 Å². The lowest BCUT2D eigenvalue weighted by Gasteiger charge is -2.44. The second-order valence-corrected chi connectivity index (χ2v) is 13.5. The molecular formula is C33H37F3N2O6. The van der Waals surface area contributed by atoms with Gasteiger partial charge in [-0.2, -0.15) is 0 Å². The SMILES string of the molecule is O=C1C2CC=C3C(CC4C(=O)N(C5CCCCC5)C(=O)C4C3c3cc(OC(F)(F)F)ccc3O)C2C(=O)N1C1CCCCC1. The molecule has 7 rings (SSSR count). The molecule has 0 aromatic heterocycles. The van der Waals surface area contributed by atoms with Crippen LogP contribution in [0.1, 0.15) is 88.5 Å². The van der Waals surface area contributed by atoms with Gasteiger partial charge in [-0.1, -0.05) is 50.2 Å². The third-order valence-corrected chi connectivity index (χ3v) is 11.2. The molecule has 1 aromatic carbocycles. The van der Waals surface area contributed by atoms with Gasteiger partial charge in [-0.05, 0) is 62.6 Å². The Morgan fingerprint density at radius 3 is 1.89 bits per heavy atom. The average Bonchev–Trinajstić information content (AvgIpc) is 3.41. The minimum atomic E-state index is -4.97. The summed E-state index contributed by atoms with van der Waals surface area (Å²) in [6, 6.07) is 2.81. The van der Waals surface area contributed by atoms with Crippen LogP contribution in [0.5, 0.6) is 11.5 Å². The lowest BCUT2D eigenvalue weighted by atomic mass is 9.57.